The zero-order valence-electron chi connectivity index (χ0n) is 9.74. The minimum Gasteiger partial charge on any atom is -2.00 e. The maximum atomic E-state index is 9.76. The van der Waals surface area contributed by atoms with Crippen molar-refractivity contribution in [3.8, 4) is 0 Å². The maximum absolute atomic E-state index is 9.76. The third kappa shape index (κ3) is 23.4. The van der Waals surface area contributed by atoms with Crippen LogP contribution in [-0.2, 0) is 23.1 Å². The van der Waals surface area contributed by atoms with Gasteiger partial charge in [0.15, 0.2) is 0 Å². The van der Waals surface area contributed by atoms with Crippen molar-refractivity contribution in [2.45, 2.75) is 12.1 Å². The van der Waals surface area contributed by atoms with E-state index in [1.54, 1.807) is 0 Å². The molecule has 2 atom stereocenters. The molecule has 6 N–H and O–H groups in total. The Kier molecular flexibility index (Phi) is 37.3. The molecule has 0 saturated carbocycles. The second-order valence-corrected chi connectivity index (χ2v) is 2.98. The minimum atomic E-state index is -1.00. The molecule has 0 aliphatic rings. The van der Waals surface area contributed by atoms with E-state index in [9.17, 15) is 9.59 Å². The van der Waals surface area contributed by atoms with Gasteiger partial charge in [0.1, 0.15) is 12.1 Å². The Hall–Kier alpha value is 1.91. The number of hydrogen-bond donors (Lipinski definition) is 6. The average molecular weight is 320 g/mol. The van der Waals surface area contributed by atoms with Gasteiger partial charge in [-0.25, -0.2) is 0 Å². The number of carboxylic acid groups (broad SMARTS) is 2. The fourth-order valence-corrected chi connectivity index (χ4v) is 0.469. The fraction of sp³-hybridized carbons (Fsp3) is 0.667. The van der Waals surface area contributed by atoms with E-state index in [0.29, 0.717) is 0 Å². The Morgan fingerprint density at radius 2 is 1.12 bits per heavy atom. The van der Waals surface area contributed by atoms with Crippen LogP contribution in [0.15, 0.2) is 0 Å². The summed E-state index contributed by atoms with van der Waals surface area (Å²) in [6.07, 6.45) is 0. The summed E-state index contributed by atoms with van der Waals surface area (Å²) in [6.45, 7) is 0. The van der Waals surface area contributed by atoms with Gasteiger partial charge in [-0.15, -0.1) is 0 Å². The zero-order chi connectivity index (χ0) is 11.7. The Morgan fingerprint density at radius 3 is 1.12 bits per heavy atom. The van der Waals surface area contributed by atoms with E-state index in [-0.39, 0.29) is 84.1 Å². The predicted octanol–water partition coefficient (Wildman–Crippen LogP) is -7.34. The van der Waals surface area contributed by atoms with Crippen LogP contribution in [0, 0.1) is 0 Å². The smallest absolute Gasteiger partial charge is 1.00 e. The average Bonchev–Trinajstić information content (AvgIpc) is 2.15. The van der Waals surface area contributed by atoms with Crippen LogP contribution in [0.25, 0.3) is 0 Å². The van der Waals surface area contributed by atoms with Gasteiger partial charge in [-0.1, -0.05) is 0 Å². The summed E-state index contributed by atoms with van der Waals surface area (Å²) in [5.41, 5.74) is 9.88. The molecule has 92 valence electrons. The molecule has 0 spiro atoms. The van der Waals surface area contributed by atoms with E-state index in [1.165, 1.54) is 0 Å². The number of carbonyl (C=O) groups is 2. The van der Waals surface area contributed by atoms with Gasteiger partial charge >= 0.3 is 71.1 Å². The zero-order valence-corrected chi connectivity index (χ0v) is 16.3. The van der Waals surface area contributed by atoms with Crippen LogP contribution < -0.4 is 70.6 Å². The summed E-state index contributed by atoms with van der Waals surface area (Å²) in [5.74, 6) is -1.63. The molecule has 6 nitrogen and oxygen atoms in total. The van der Waals surface area contributed by atoms with Crippen molar-refractivity contribution in [2.24, 2.45) is 11.5 Å². The standard InChI is InChI=1S/2C3H7NO2S.2Na.S/c2*4-2(1-7)3(5)6;;;/h2*2,7H,1,4H2,(H,5,6);;;/q;;2*+1;-2/t2*2-;;;/m00.../s1. The van der Waals surface area contributed by atoms with Gasteiger partial charge in [0.05, 0.1) is 0 Å². The summed E-state index contributed by atoms with van der Waals surface area (Å²) in [6, 6.07) is -1.63. The molecule has 0 aromatic heterocycles. The predicted molar refractivity (Wildman–Crippen MR) is 66.3 cm³/mol. The minimum absolute atomic E-state index is 0. The second-order valence-electron chi connectivity index (χ2n) is 2.25. The molecule has 0 aromatic rings. The van der Waals surface area contributed by atoms with Crippen LogP contribution >= 0.6 is 25.3 Å². The van der Waals surface area contributed by atoms with Crippen molar-refractivity contribution in [2.75, 3.05) is 11.5 Å². The Bertz CT molecular complexity index is 182. The van der Waals surface area contributed by atoms with Crippen LogP contribution in [0.1, 0.15) is 0 Å². The monoisotopic (exact) mass is 320 g/mol. The molecule has 0 rings (SSSR count). The second kappa shape index (κ2) is 20.2. The summed E-state index contributed by atoms with van der Waals surface area (Å²) in [7, 11) is 0. The SMILES string of the molecule is N[C@@H](CS)C(=O)O.N[C@@H](CS)C(=O)O.[Na+].[Na+].[S-2]. The first-order valence-corrected chi connectivity index (χ1v) is 4.81. The fourth-order valence-electron chi connectivity index (χ4n) is 0.156. The van der Waals surface area contributed by atoms with E-state index in [0.717, 1.165) is 0 Å². The molecule has 0 aliphatic carbocycles. The number of aliphatic carboxylic acids is 2. The molecule has 0 unspecified atom stereocenters. The number of thiol groups is 2. The number of nitrogens with two attached hydrogens (primary N) is 2. The van der Waals surface area contributed by atoms with Gasteiger partial charge in [-0.2, -0.15) is 25.3 Å². The van der Waals surface area contributed by atoms with Crippen molar-refractivity contribution in [3.63, 3.8) is 0 Å². The molecular weight excluding hydrogens is 306 g/mol. The van der Waals surface area contributed by atoms with Gasteiger partial charge in [-0.3, -0.25) is 9.59 Å². The third-order valence-electron chi connectivity index (χ3n) is 1.03. The van der Waals surface area contributed by atoms with Crippen molar-refractivity contribution in [1.82, 2.24) is 0 Å². The third-order valence-corrected chi connectivity index (χ3v) is 1.81. The van der Waals surface area contributed by atoms with E-state index in [4.69, 9.17) is 21.7 Å². The van der Waals surface area contributed by atoms with Crippen LogP contribution in [0.2, 0.25) is 0 Å². The molecule has 0 amide bonds. The van der Waals surface area contributed by atoms with E-state index < -0.39 is 24.0 Å². The molecule has 11 heteroatoms. The molecule has 0 saturated heterocycles. The Labute approximate surface area is 162 Å². The van der Waals surface area contributed by atoms with Crippen molar-refractivity contribution in [3.05, 3.63) is 0 Å². The molecular formula is C6H14N2Na2O4S3. The van der Waals surface area contributed by atoms with Crippen LogP contribution in [0.3, 0.4) is 0 Å². The summed E-state index contributed by atoms with van der Waals surface area (Å²) in [5, 5.41) is 16.0. The first kappa shape index (κ1) is 31.3. The van der Waals surface area contributed by atoms with Crippen LogP contribution in [0.4, 0.5) is 0 Å². The number of carboxylic acids is 2. The molecule has 0 heterocycles. The Balaban J connectivity index is -0.0000000480. The van der Waals surface area contributed by atoms with E-state index in [1.807, 2.05) is 0 Å². The largest absolute Gasteiger partial charge is 2.00 e. The first-order valence-electron chi connectivity index (χ1n) is 3.55. The van der Waals surface area contributed by atoms with Gasteiger partial charge < -0.3 is 35.2 Å². The van der Waals surface area contributed by atoms with E-state index in [2.05, 4.69) is 25.3 Å². The summed E-state index contributed by atoms with van der Waals surface area (Å²) in [4.78, 5) is 19.5. The van der Waals surface area contributed by atoms with Gasteiger partial charge in [0.25, 0.3) is 0 Å². The quantitative estimate of drug-likeness (QED) is 0.226. The van der Waals surface area contributed by atoms with Gasteiger partial charge in [0.2, 0.25) is 0 Å². The molecule has 0 bridgehead atoms. The molecule has 17 heavy (non-hydrogen) atoms. The number of hydrogen-bond acceptors (Lipinski definition) is 6. The van der Waals surface area contributed by atoms with Crippen molar-refractivity contribution >= 4 is 50.7 Å². The first-order chi connectivity index (χ1) is 6.36. The van der Waals surface area contributed by atoms with Gasteiger partial charge in [0, 0.05) is 11.5 Å². The topological polar surface area (TPSA) is 127 Å². The molecule has 0 aliphatic heterocycles. The Morgan fingerprint density at radius 1 is 0.941 bits per heavy atom. The molecule has 0 fully saturated rings. The molecule has 0 aromatic carbocycles. The van der Waals surface area contributed by atoms with E-state index >= 15 is 0 Å². The number of rotatable bonds is 4. The normalized spacial score (nSPS) is 11.1. The van der Waals surface area contributed by atoms with Crippen molar-refractivity contribution < 1.29 is 78.9 Å². The summed E-state index contributed by atoms with van der Waals surface area (Å²) >= 11 is 7.30. The van der Waals surface area contributed by atoms with Crippen LogP contribution in [0.5, 0.6) is 0 Å². The molecule has 0 radical (unpaired) electrons. The maximum Gasteiger partial charge on any atom is 1.00 e. The van der Waals surface area contributed by atoms with Crippen LogP contribution in [-0.4, -0.2) is 45.7 Å². The summed E-state index contributed by atoms with van der Waals surface area (Å²) < 4.78 is 0. The van der Waals surface area contributed by atoms with Gasteiger partial charge in [-0.05, 0) is 0 Å². The van der Waals surface area contributed by atoms with Crippen molar-refractivity contribution in [1.29, 1.82) is 0 Å².